The maximum absolute atomic E-state index is 9.62. The summed E-state index contributed by atoms with van der Waals surface area (Å²) in [7, 11) is 0. The highest BCUT2D eigenvalue weighted by atomic mass is 35.5. The quantitative estimate of drug-likeness (QED) is 0.517. The standard InChI is InChI=1S/C20H20Cl2N2S/c1-20(2,3)13-7-8-14-15(10-23)19(25-17(14)9-13)24-11-12-5-4-6-16(21)18(12)22/h4-6,11,13H,7-9H2,1-3H3/t13-/m0/s1. The van der Waals surface area contributed by atoms with Crippen LogP contribution >= 0.6 is 34.5 Å². The minimum atomic E-state index is 0.284. The first-order chi connectivity index (χ1) is 11.8. The number of halogens is 2. The lowest BCUT2D eigenvalue weighted by atomic mass is 9.72. The van der Waals surface area contributed by atoms with Crippen LogP contribution in [0.25, 0.3) is 0 Å². The van der Waals surface area contributed by atoms with Gasteiger partial charge in [0, 0.05) is 16.7 Å². The van der Waals surface area contributed by atoms with Gasteiger partial charge in [-0.3, -0.25) is 0 Å². The van der Waals surface area contributed by atoms with Gasteiger partial charge >= 0.3 is 0 Å². The van der Waals surface area contributed by atoms with E-state index in [1.54, 1.807) is 23.6 Å². The molecule has 1 heterocycles. The third-order valence-electron chi connectivity index (χ3n) is 4.89. The van der Waals surface area contributed by atoms with Gasteiger partial charge in [0.25, 0.3) is 0 Å². The third kappa shape index (κ3) is 3.77. The van der Waals surface area contributed by atoms with E-state index in [4.69, 9.17) is 23.2 Å². The van der Waals surface area contributed by atoms with E-state index in [-0.39, 0.29) is 5.41 Å². The van der Waals surface area contributed by atoms with E-state index in [0.29, 0.717) is 16.0 Å². The lowest BCUT2D eigenvalue weighted by Crippen LogP contribution is -2.26. The van der Waals surface area contributed by atoms with Gasteiger partial charge in [0.1, 0.15) is 11.1 Å². The van der Waals surface area contributed by atoms with Crippen LogP contribution in [0.4, 0.5) is 5.00 Å². The molecule has 2 nitrogen and oxygen atoms in total. The molecule has 0 fully saturated rings. The topological polar surface area (TPSA) is 36.1 Å². The number of nitriles is 1. The van der Waals surface area contributed by atoms with E-state index in [9.17, 15) is 5.26 Å². The van der Waals surface area contributed by atoms with E-state index >= 15 is 0 Å². The number of benzene rings is 1. The minimum Gasteiger partial charge on any atom is -0.244 e. The van der Waals surface area contributed by atoms with Crippen molar-refractivity contribution in [2.75, 3.05) is 0 Å². The Morgan fingerprint density at radius 2 is 2.08 bits per heavy atom. The molecule has 1 aliphatic carbocycles. The lowest BCUT2D eigenvalue weighted by molar-refractivity contribution is 0.218. The summed E-state index contributed by atoms with van der Waals surface area (Å²) >= 11 is 13.9. The van der Waals surface area contributed by atoms with Crippen molar-refractivity contribution in [3.8, 4) is 6.07 Å². The summed E-state index contributed by atoms with van der Waals surface area (Å²) in [5, 5.41) is 11.4. The van der Waals surface area contributed by atoms with Gasteiger partial charge in [-0.25, -0.2) is 4.99 Å². The Hall–Kier alpha value is -1.34. The molecule has 2 aromatic rings. The molecule has 0 unspecified atom stereocenters. The SMILES string of the molecule is CC(C)(C)[C@H]1CCc2c(sc(N=Cc3cccc(Cl)c3Cl)c2C#N)C1. The Labute approximate surface area is 163 Å². The van der Waals surface area contributed by atoms with E-state index < -0.39 is 0 Å². The average Bonchev–Trinajstić information content (AvgIpc) is 2.92. The molecular weight excluding hydrogens is 371 g/mol. The predicted octanol–water partition coefficient (Wildman–Crippen LogP) is 6.83. The molecule has 130 valence electrons. The van der Waals surface area contributed by atoms with E-state index in [1.165, 1.54) is 10.4 Å². The Kier molecular flexibility index (Phi) is 5.25. The fourth-order valence-electron chi connectivity index (χ4n) is 3.27. The second-order valence-electron chi connectivity index (χ2n) is 7.50. The maximum atomic E-state index is 9.62. The van der Waals surface area contributed by atoms with Crippen LogP contribution in [0, 0.1) is 22.7 Å². The highest BCUT2D eigenvalue weighted by Gasteiger charge is 2.32. The summed E-state index contributed by atoms with van der Waals surface area (Å²) < 4.78 is 0. The zero-order chi connectivity index (χ0) is 18.2. The van der Waals surface area contributed by atoms with Gasteiger partial charge in [0.2, 0.25) is 0 Å². The highest BCUT2D eigenvalue weighted by molar-refractivity contribution is 7.16. The normalized spacial score (nSPS) is 17.5. The summed E-state index contributed by atoms with van der Waals surface area (Å²) in [6, 6.07) is 7.81. The van der Waals surface area contributed by atoms with Crippen LogP contribution in [0.15, 0.2) is 23.2 Å². The molecule has 3 rings (SSSR count). The van der Waals surface area contributed by atoms with Crippen LogP contribution in [0.3, 0.4) is 0 Å². The number of fused-ring (bicyclic) bond motifs is 1. The van der Waals surface area contributed by atoms with Crippen molar-refractivity contribution < 1.29 is 0 Å². The number of nitrogens with zero attached hydrogens (tertiary/aromatic N) is 2. The molecule has 0 N–H and O–H groups in total. The molecule has 0 saturated carbocycles. The lowest BCUT2D eigenvalue weighted by Gasteiger charge is -2.33. The molecular formula is C20H20Cl2N2S. The largest absolute Gasteiger partial charge is 0.244 e. The Morgan fingerprint density at radius 1 is 1.32 bits per heavy atom. The van der Waals surface area contributed by atoms with E-state index in [0.717, 1.165) is 35.4 Å². The van der Waals surface area contributed by atoms with E-state index in [2.05, 4.69) is 31.8 Å². The van der Waals surface area contributed by atoms with Gasteiger partial charge in [-0.1, -0.05) is 56.1 Å². The zero-order valence-electron chi connectivity index (χ0n) is 14.6. The first-order valence-corrected chi connectivity index (χ1v) is 9.91. The molecule has 0 radical (unpaired) electrons. The summed E-state index contributed by atoms with van der Waals surface area (Å²) in [6.45, 7) is 6.88. The molecule has 1 aromatic carbocycles. The molecule has 25 heavy (non-hydrogen) atoms. The first kappa shape index (κ1) is 18.5. The van der Waals surface area contributed by atoms with Crippen molar-refractivity contribution in [3.05, 3.63) is 49.8 Å². The molecule has 5 heteroatoms. The van der Waals surface area contributed by atoms with Crippen LogP contribution in [0.5, 0.6) is 0 Å². The highest BCUT2D eigenvalue weighted by Crippen LogP contribution is 2.44. The van der Waals surface area contributed by atoms with Crippen LogP contribution in [0.2, 0.25) is 10.0 Å². The number of hydrogen-bond acceptors (Lipinski definition) is 3. The molecule has 1 aromatic heterocycles. The van der Waals surface area contributed by atoms with Crippen molar-refractivity contribution in [3.63, 3.8) is 0 Å². The second-order valence-corrected chi connectivity index (χ2v) is 9.37. The summed E-state index contributed by atoms with van der Waals surface area (Å²) in [5.41, 5.74) is 2.96. The molecule has 0 aliphatic heterocycles. The van der Waals surface area contributed by atoms with Crippen molar-refractivity contribution in [2.24, 2.45) is 16.3 Å². The Bertz CT molecular complexity index is 869. The van der Waals surface area contributed by atoms with Gasteiger partial charge in [-0.2, -0.15) is 5.26 Å². The van der Waals surface area contributed by atoms with Gasteiger partial charge in [0.15, 0.2) is 0 Å². The summed E-state index contributed by atoms with van der Waals surface area (Å²) in [5.74, 6) is 0.643. The molecule has 1 atom stereocenters. The smallest absolute Gasteiger partial charge is 0.134 e. The van der Waals surface area contributed by atoms with Crippen molar-refractivity contribution in [2.45, 2.75) is 40.0 Å². The maximum Gasteiger partial charge on any atom is 0.134 e. The van der Waals surface area contributed by atoms with Gasteiger partial charge in [0.05, 0.1) is 15.6 Å². The van der Waals surface area contributed by atoms with Crippen molar-refractivity contribution >= 4 is 45.8 Å². The molecule has 0 spiro atoms. The van der Waals surface area contributed by atoms with Crippen LogP contribution in [-0.4, -0.2) is 6.21 Å². The first-order valence-electron chi connectivity index (χ1n) is 8.34. The zero-order valence-corrected chi connectivity index (χ0v) is 16.9. The molecule has 0 amide bonds. The number of hydrogen-bond donors (Lipinski definition) is 0. The monoisotopic (exact) mass is 390 g/mol. The van der Waals surface area contributed by atoms with Gasteiger partial charge in [-0.05, 0) is 42.2 Å². The summed E-state index contributed by atoms with van der Waals surface area (Å²) in [6.07, 6.45) is 4.83. The number of thiophene rings is 1. The van der Waals surface area contributed by atoms with Crippen LogP contribution < -0.4 is 0 Å². The molecule has 0 saturated heterocycles. The van der Waals surface area contributed by atoms with Crippen LogP contribution in [0.1, 0.15) is 48.8 Å². The van der Waals surface area contributed by atoms with Gasteiger partial charge < -0.3 is 0 Å². The Balaban J connectivity index is 1.94. The second kappa shape index (κ2) is 7.11. The number of rotatable bonds is 2. The van der Waals surface area contributed by atoms with Crippen LogP contribution in [-0.2, 0) is 12.8 Å². The van der Waals surface area contributed by atoms with Crippen molar-refractivity contribution in [1.29, 1.82) is 5.26 Å². The van der Waals surface area contributed by atoms with Crippen molar-refractivity contribution in [1.82, 2.24) is 0 Å². The predicted molar refractivity (Wildman–Crippen MR) is 108 cm³/mol. The molecule has 0 bridgehead atoms. The fraction of sp³-hybridized carbons (Fsp3) is 0.400. The minimum absolute atomic E-state index is 0.284. The number of aliphatic imine (C=N–C) groups is 1. The fourth-order valence-corrected chi connectivity index (χ4v) is 4.84. The summed E-state index contributed by atoms with van der Waals surface area (Å²) in [4.78, 5) is 5.88. The Morgan fingerprint density at radius 3 is 2.76 bits per heavy atom. The van der Waals surface area contributed by atoms with E-state index in [1.807, 2.05) is 12.1 Å². The average molecular weight is 391 g/mol. The molecule has 1 aliphatic rings. The van der Waals surface area contributed by atoms with Gasteiger partial charge in [-0.15, -0.1) is 11.3 Å². The third-order valence-corrected chi connectivity index (χ3v) is 6.88.